The first-order chi connectivity index (χ1) is 8.97. The lowest BCUT2D eigenvalue weighted by Crippen LogP contribution is -2.26. The summed E-state index contributed by atoms with van der Waals surface area (Å²) in [6.07, 6.45) is 1.57. The molecule has 0 unspecified atom stereocenters. The van der Waals surface area contributed by atoms with Crippen molar-refractivity contribution in [2.45, 2.75) is 18.4 Å². The van der Waals surface area contributed by atoms with Crippen LogP contribution >= 0.6 is 0 Å². The summed E-state index contributed by atoms with van der Waals surface area (Å²) in [6.45, 7) is 3.16. The molecule has 0 aliphatic carbocycles. The Bertz CT molecular complexity index is 512. The molecule has 0 aliphatic rings. The van der Waals surface area contributed by atoms with Crippen LogP contribution in [0.25, 0.3) is 0 Å². The van der Waals surface area contributed by atoms with Crippen LogP contribution in [-0.2, 0) is 14.8 Å². The highest BCUT2D eigenvalue weighted by Crippen LogP contribution is 2.06. The van der Waals surface area contributed by atoms with Gasteiger partial charge in [-0.25, -0.2) is 22.9 Å². The van der Waals surface area contributed by atoms with E-state index in [0.29, 0.717) is 19.6 Å². The van der Waals surface area contributed by atoms with Gasteiger partial charge in [0.15, 0.2) is 5.03 Å². The minimum atomic E-state index is -3.70. The van der Waals surface area contributed by atoms with E-state index in [1.807, 2.05) is 6.92 Å². The smallest absolute Gasteiger partial charge is 0.337 e. The van der Waals surface area contributed by atoms with Gasteiger partial charge in [0.1, 0.15) is 0 Å². The minimum Gasteiger partial charge on any atom is -0.478 e. The number of carboxylic acid groups (broad SMARTS) is 1. The van der Waals surface area contributed by atoms with Crippen LogP contribution in [-0.4, -0.2) is 44.2 Å². The number of nitrogens with one attached hydrogen (secondary N) is 1. The van der Waals surface area contributed by atoms with E-state index in [0.717, 1.165) is 12.3 Å². The first-order valence-corrected chi connectivity index (χ1v) is 7.22. The molecule has 0 radical (unpaired) electrons. The standard InChI is InChI=1S/C11H16N2O5S/c1-2-18-7-3-6-13-19(16,17)10-5-4-9(8-12-10)11(14)15/h4-5,8,13H,2-3,6-7H2,1H3,(H,14,15). The third-order valence-corrected chi connectivity index (χ3v) is 3.60. The zero-order chi connectivity index (χ0) is 14.3. The summed E-state index contributed by atoms with van der Waals surface area (Å²) in [5.74, 6) is -1.15. The Morgan fingerprint density at radius 2 is 2.21 bits per heavy atom. The molecule has 1 rings (SSSR count). The third-order valence-electron chi connectivity index (χ3n) is 2.22. The highest BCUT2D eigenvalue weighted by molar-refractivity contribution is 7.89. The predicted molar refractivity (Wildman–Crippen MR) is 67.5 cm³/mol. The van der Waals surface area contributed by atoms with Gasteiger partial charge in [0.05, 0.1) is 5.56 Å². The summed E-state index contributed by atoms with van der Waals surface area (Å²) in [5.41, 5.74) is -0.0599. The average Bonchev–Trinajstić information content (AvgIpc) is 2.38. The van der Waals surface area contributed by atoms with E-state index in [4.69, 9.17) is 9.84 Å². The number of carbonyl (C=O) groups is 1. The van der Waals surface area contributed by atoms with Gasteiger partial charge in [0, 0.05) is 26.0 Å². The molecule has 19 heavy (non-hydrogen) atoms. The third kappa shape index (κ3) is 4.93. The molecular weight excluding hydrogens is 272 g/mol. The number of sulfonamides is 1. The van der Waals surface area contributed by atoms with Gasteiger partial charge in [0.25, 0.3) is 10.0 Å². The Labute approximate surface area is 111 Å². The zero-order valence-electron chi connectivity index (χ0n) is 10.5. The molecule has 0 amide bonds. The molecule has 0 fully saturated rings. The van der Waals surface area contributed by atoms with Crippen molar-refractivity contribution < 1.29 is 23.1 Å². The van der Waals surface area contributed by atoms with Crippen LogP contribution in [0.4, 0.5) is 0 Å². The molecular formula is C11H16N2O5S. The fourth-order valence-corrected chi connectivity index (χ4v) is 2.26. The second-order valence-corrected chi connectivity index (χ2v) is 5.35. The molecule has 0 atom stereocenters. The molecule has 0 aliphatic heterocycles. The molecule has 0 aromatic carbocycles. The fraction of sp³-hybridized carbons (Fsp3) is 0.455. The van der Waals surface area contributed by atoms with Crippen molar-refractivity contribution in [3.05, 3.63) is 23.9 Å². The molecule has 106 valence electrons. The number of carboxylic acids is 1. The lowest BCUT2D eigenvalue weighted by atomic mass is 10.3. The van der Waals surface area contributed by atoms with E-state index in [1.54, 1.807) is 0 Å². The highest BCUT2D eigenvalue weighted by Gasteiger charge is 2.15. The number of nitrogens with zero attached hydrogens (tertiary/aromatic N) is 1. The maximum Gasteiger partial charge on any atom is 0.337 e. The van der Waals surface area contributed by atoms with Crippen molar-refractivity contribution in [2.75, 3.05) is 19.8 Å². The van der Waals surface area contributed by atoms with Gasteiger partial charge in [-0.1, -0.05) is 0 Å². The van der Waals surface area contributed by atoms with Gasteiger partial charge in [0.2, 0.25) is 0 Å². The average molecular weight is 288 g/mol. The molecule has 7 nitrogen and oxygen atoms in total. The quantitative estimate of drug-likeness (QED) is 0.674. The highest BCUT2D eigenvalue weighted by atomic mass is 32.2. The monoisotopic (exact) mass is 288 g/mol. The topological polar surface area (TPSA) is 106 Å². The molecule has 0 saturated heterocycles. The molecule has 1 aromatic rings. The first-order valence-electron chi connectivity index (χ1n) is 5.74. The van der Waals surface area contributed by atoms with E-state index in [-0.39, 0.29) is 17.1 Å². The molecule has 1 aromatic heterocycles. The van der Waals surface area contributed by atoms with Gasteiger partial charge < -0.3 is 9.84 Å². The van der Waals surface area contributed by atoms with Gasteiger partial charge >= 0.3 is 5.97 Å². The second-order valence-electron chi connectivity index (χ2n) is 3.64. The van der Waals surface area contributed by atoms with Crippen LogP contribution < -0.4 is 4.72 Å². The van der Waals surface area contributed by atoms with E-state index >= 15 is 0 Å². The maximum absolute atomic E-state index is 11.8. The molecule has 0 saturated carbocycles. The number of aromatic carboxylic acids is 1. The maximum atomic E-state index is 11.8. The molecule has 0 bridgehead atoms. The van der Waals surface area contributed by atoms with Crippen LogP contribution in [0.3, 0.4) is 0 Å². The summed E-state index contributed by atoms with van der Waals surface area (Å²) in [5, 5.41) is 8.48. The van der Waals surface area contributed by atoms with Crippen molar-refractivity contribution in [3.8, 4) is 0 Å². The van der Waals surface area contributed by atoms with Crippen molar-refractivity contribution in [1.29, 1.82) is 0 Å². The van der Waals surface area contributed by atoms with Gasteiger partial charge in [-0.05, 0) is 25.5 Å². The fourth-order valence-electron chi connectivity index (χ4n) is 1.26. The van der Waals surface area contributed by atoms with Crippen LogP contribution in [0, 0.1) is 0 Å². The van der Waals surface area contributed by atoms with Gasteiger partial charge in [-0.2, -0.15) is 0 Å². The van der Waals surface area contributed by atoms with E-state index in [1.165, 1.54) is 6.07 Å². The van der Waals surface area contributed by atoms with Crippen molar-refractivity contribution in [3.63, 3.8) is 0 Å². The Hall–Kier alpha value is -1.51. The summed E-state index contributed by atoms with van der Waals surface area (Å²) in [4.78, 5) is 14.2. The van der Waals surface area contributed by atoms with Crippen LogP contribution in [0.15, 0.2) is 23.4 Å². The number of rotatable bonds is 8. The molecule has 8 heteroatoms. The Morgan fingerprint density at radius 3 is 2.74 bits per heavy atom. The van der Waals surface area contributed by atoms with Crippen molar-refractivity contribution >= 4 is 16.0 Å². The van der Waals surface area contributed by atoms with Crippen LogP contribution in [0.2, 0.25) is 0 Å². The normalized spacial score (nSPS) is 11.4. The Kier molecular flexibility index (Phi) is 5.87. The summed E-state index contributed by atoms with van der Waals surface area (Å²) in [7, 11) is -3.70. The largest absolute Gasteiger partial charge is 0.478 e. The van der Waals surface area contributed by atoms with Gasteiger partial charge in [-0.3, -0.25) is 0 Å². The van der Waals surface area contributed by atoms with Gasteiger partial charge in [-0.15, -0.1) is 0 Å². The summed E-state index contributed by atoms with van der Waals surface area (Å²) >= 11 is 0. The molecule has 1 heterocycles. The minimum absolute atomic E-state index is 0.0599. The van der Waals surface area contributed by atoms with E-state index in [9.17, 15) is 13.2 Å². The number of ether oxygens (including phenoxy) is 1. The Balaban J connectivity index is 2.59. The van der Waals surface area contributed by atoms with E-state index < -0.39 is 16.0 Å². The van der Waals surface area contributed by atoms with Crippen molar-refractivity contribution in [2.24, 2.45) is 0 Å². The van der Waals surface area contributed by atoms with Crippen LogP contribution in [0.1, 0.15) is 23.7 Å². The predicted octanol–water partition coefficient (Wildman–Crippen LogP) is 0.485. The van der Waals surface area contributed by atoms with Crippen molar-refractivity contribution in [1.82, 2.24) is 9.71 Å². The number of aromatic nitrogens is 1. The lowest BCUT2D eigenvalue weighted by Gasteiger charge is -2.06. The molecule has 2 N–H and O–H groups in total. The molecule has 0 spiro atoms. The number of hydrogen-bond donors (Lipinski definition) is 2. The first kappa shape index (κ1) is 15.5. The zero-order valence-corrected chi connectivity index (χ0v) is 11.3. The lowest BCUT2D eigenvalue weighted by molar-refractivity contribution is 0.0696. The summed E-state index contributed by atoms with van der Waals surface area (Å²) < 4.78 is 31.0. The number of hydrogen-bond acceptors (Lipinski definition) is 5. The second kappa shape index (κ2) is 7.17. The SMILES string of the molecule is CCOCCCNS(=O)(=O)c1ccc(C(=O)O)cn1. The Morgan fingerprint density at radius 1 is 1.47 bits per heavy atom. The number of pyridine rings is 1. The van der Waals surface area contributed by atoms with E-state index in [2.05, 4.69) is 9.71 Å². The summed E-state index contributed by atoms with van der Waals surface area (Å²) in [6, 6.07) is 2.36. The van der Waals surface area contributed by atoms with Crippen LogP contribution in [0.5, 0.6) is 0 Å².